The van der Waals surface area contributed by atoms with Crippen molar-refractivity contribution in [3.05, 3.63) is 28.7 Å². The minimum Gasteiger partial charge on any atom is -0.469 e. The second kappa shape index (κ2) is 7.00. The highest BCUT2D eigenvalue weighted by Crippen LogP contribution is 2.13. The van der Waals surface area contributed by atoms with Gasteiger partial charge in [-0.1, -0.05) is 15.9 Å². The number of urea groups is 1. The lowest BCUT2D eigenvalue weighted by Crippen LogP contribution is -2.37. The van der Waals surface area contributed by atoms with Crippen molar-refractivity contribution < 1.29 is 14.3 Å². The number of methoxy groups -OCH3 is 1. The second-order valence-corrected chi connectivity index (χ2v) is 4.70. The number of esters is 1. The molecular formula is C12H15BrN2O3. The van der Waals surface area contributed by atoms with Gasteiger partial charge < -0.3 is 15.4 Å². The van der Waals surface area contributed by atoms with E-state index in [1.807, 2.05) is 12.1 Å². The number of halogens is 1. The van der Waals surface area contributed by atoms with Crippen LogP contribution >= 0.6 is 15.9 Å². The lowest BCUT2D eigenvalue weighted by atomic mass is 10.2. The van der Waals surface area contributed by atoms with E-state index in [0.29, 0.717) is 5.69 Å². The monoisotopic (exact) mass is 314 g/mol. The molecule has 1 aromatic rings. The van der Waals surface area contributed by atoms with Gasteiger partial charge in [-0.3, -0.25) is 4.79 Å². The third-order valence-corrected chi connectivity index (χ3v) is 2.71. The largest absolute Gasteiger partial charge is 0.469 e. The third kappa shape index (κ3) is 5.18. The van der Waals surface area contributed by atoms with Gasteiger partial charge in [0.15, 0.2) is 0 Å². The van der Waals surface area contributed by atoms with Crippen LogP contribution in [-0.4, -0.2) is 25.2 Å². The fourth-order valence-electron chi connectivity index (χ4n) is 1.31. The maximum absolute atomic E-state index is 11.6. The van der Waals surface area contributed by atoms with Crippen molar-refractivity contribution in [3.63, 3.8) is 0 Å². The first-order chi connectivity index (χ1) is 8.51. The molecule has 1 atom stereocenters. The van der Waals surface area contributed by atoms with Crippen LogP contribution in [0.3, 0.4) is 0 Å². The molecule has 0 saturated carbocycles. The van der Waals surface area contributed by atoms with Crippen LogP contribution in [0.5, 0.6) is 0 Å². The zero-order chi connectivity index (χ0) is 13.5. The molecule has 1 rings (SSSR count). The summed E-state index contributed by atoms with van der Waals surface area (Å²) in [6.07, 6.45) is 0.143. The highest BCUT2D eigenvalue weighted by Gasteiger charge is 2.11. The number of benzene rings is 1. The zero-order valence-electron chi connectivity index (χ0n) is 10.2. The van der Waals surface area contributed by atoms with E-state index in [9.17, 15) is 9.59 Å². The summed E-state index contributed by atoms with van der Waals surface area (Å²) in [5, 5.41) is 5.31. The molecule has 0 saturated heterocycles. The van der Waals surface area contributed by atoms with Crippen molar-refractivity contribution in [2.24, 2.45) is 0 Å². The Morgan fingerprint density at radius 2 is 1.94 bits per heavy atom. The van der Waals surface area contributed by atoms with E-state index in [-0.39, 0.29) is 24.5 Å². The third-order valence-electron chi connectivity index (χ3n) is 2.18. The summed E-state index contributed by atoms with van der Waals surface area (Å²) in [7, 11) is 1.32. The van der Waals surface area contributed by atoms with Gasteiger partial charge >= 0.3 is 12.0 Å². The van der Waals surface area contributed by atoms with Gasteiger partial charge in [-0.2, -0.15) is 0 Å². The molecule has 18 heavy (non-hydrogen) atoms. The van der Waals surface area contributed by atoms with Gasteiger partial charge in [0, 0.05) is 16.2 Å². The van der Waals surface area contributed by atoms with Gasteiger partial charge in [-0.05, 0) is 31.2 Å². The number of hydrogen-bond acceptors (Lipinski definition) is 3. The molecule has 0 aliphatic heterocycles. The second-order valence-electron chi connectivity index (χ2n) is 3.79. The van der Waals surface area contributed by atoms with Crippen LogP contribution < -0.4 is 10.6 Å². The van der Waals surface area contributed by atoms with Crippen LogP contribution in [0.4, 0.5) is 10.5 Å². The predicted molar refractivity (Wildman–Crippen MR) is 72.4 cm³/mol. The van der Waals surface area contributed by atoms with Crippen molar-refractivity contribution in [1.29, 1.82) is 0 Å². The Bertz CT molecular complexity index is 420. The normalized spacial score (nSPS) is 11.5. The molecule has 98 valence electrons. The van der Waals surface area contributed by atoms with Gasteiger partial charge in [0.1, 0.15) is 0 Å². The molecule has 0 spiro atoms. The number of ether oxygens (including phenoxy) is 1. The molecule has 0 aliphatic rings. The number of carbonyl (C=O) groups excluding carboxylic acids is 2. The molecule has 0 fully saturated rings. The lowest BCUT2D eigenvalue weighted by Gasteiger charge is -2.13. The molecule has 2 amide bonds. The molecule has 1 aromatic carbocycles. The number of amides is 2. The number of anilines is 1. The Kier molecular flexibility index (Phi) is 5.64. The van der Waals surface area contributed by atoms with E-state index in [4.69, 9.17) is 0 Å². The Balaban J connectivity index is 2.41. The Morgan fingerprint density at radius 1 is 1.33 bits per heavy atom. The van der Waals surface area contributed by atoms with Gasteiger partial charge in [0.05, 0.1) is 13.5 Å². The van der Waals surface area contributed by atoms with E-state index in [2.05, 4.69) is 31.3 Å². The number of rotatable bonds is 4. The van der Waals surface area contributed by atoms with E-state index >= 15 is 0 Å². The fourth-order valence-corrected chi connectivity index (χ4v) is 1.57. The summed E-state index contributed by atoms with van der Waals surface area (Å²) in [5.74, 6) is -0.355. The van der Waals surface area contributed by atoms with E-state index in [0.717, 1.165) is 4.47 Å². The number of hydrogen-bond donors (Lipinski definition) is 2. The Morgan fingerprint density at radius 3 is 2.50 bits per heavy atom. The summed E-state index contributed by atoms with van der Waals surface area (Å²) in [6, 6.07) is 6.56. The quantitative estimate of drug-likeness (QED) is 0.839. The van der Waals surface area contributed by atoms with Crippen LogP contribution in [0, 0.1) is 0 Å². The molecule has 0 bridgehead atoms. The van der Waals surface area contributed by atoms with Crippen molar-refractivity contribution in [2.45, 2.75) is 19.4 Å². The Labute approximate surface area is 114 Å². The van der Waals surface area contributed by atoms with Crippen molar-refractivity contribution in [3.8, 4) is 0 Å². The highest BCUT2D eigenvalue weighted by atomic mass is 79.9. The van der Waals surface area contributed by atoms with E-state index in [1.165, 1.54) is 7.11 Å². The van der Waals surface area contributed by atoms with Crippen LogP contribution in [0.25, 0.3) is 0 Å². The maximum Gasteiger partial charge on any atom is 0.319 e. The van der Waals surface area contributed by atoms with Crippen LogP contribution in [0.2, 0.25) is 0 Å². The van der Waals surface area contributed by atoms with Crippen LogP contribution in [0.1, 0.15) is 13.3 Å². The summed E-state index contributed by atoms with van der Waals surface area (Å²) in [5.41, 5.74) is 0.681. The smallest absolute Gasteiger partial charge is 0.319 e. The summed E-state index contributed by atoms with van der Waals surface area (Å²) < 4.78 is 5.46. The average Bonchev–Trinajstić information content (AvgIpc) is 2.31. The first-order valence-electron chi connectivity index (χ1n) is 5.41. The number of nitrogens with one attached hydrogen (secondary N) is 2. The fraction of sp³-hybridized carbons (Fsp3) is 0.333. The maximum atomic E-state index is 11.6. The van der Waals surface area contributed by atoms with Crippen molar-refractivity contribution in [1.82, 2.24) is 5.32 Å². The van der Waals surface area contributed by atoms with Crippen molar-refractivity contribution in [2.75, 3.05) is 12.4 Å². The Hall–Kier alpha value is -1.56. The summed E-state index contributed by atoms with van der Waals surface area (Å²) in [6.45, 7) is 1.73. The summed E-state index contributed by atoms with van der Waals surface area (Å²) in [4.78, 5) is 22.6. The predicted octanol–water partition coefficient (Wildman–Crippen LogP) is 2.52. The molecule has 0 aliphatic carbocycles. The zero-order valence-corrected chi connectivity index (χ0v) is 11.8. The molecule has 0 radical (unpaired) electrons. The topological polar surface area (TPSA) is 67.4 Å². The first-order valence-corrected chi connectivity index (χ1v) is 6.20. The van der Waals surface area contributed by atoms with Gasteiger partial charge in [-0.15, -0.1) is 0 Å². The molecule has 6 heteroatoms. The van der Waals surface area contributed by atoms with Crippen LogP contribution in [-0.2, 0) is 9.53 Å². The minimum absolute atomic E-state index is 0.143. The van der Waals surface area contributed by atoms with Gasteiger partial charge in [-0.25, -0.2) is 4.79 Å². The minimum atomic E-state index is -0.355. The van der Waals surface area contributed by atoms with Crippen LogP contribution in [0.15, 0.2) is 28.7 Å². The number of carbonyl (C=O) groups is 2. The molecule has 5 nitrogen and oxygen atoms in total. The van der Waals surface area contributed by atoms with Gasteiger partial charge in [0.2, 0.25) is 0 Å². The highest BCUT2D eigenvalue weighted by molar-refractivity contribution is 9.10. The molecule has 0 unspecified atom stereocenters. The first kappa shape index (κ1) is 14.5. The van der Waals surface area contributed by atoms with E-state index in [1.54, 1.807) is 19.1 Å². The average molecular weight is 315 g/mol. The van der Waals surface area contributed by atoms with Crippen molar-refractivity contribution >= 4 is 33.6 Å². The molecule has 0 aromatic heterocycles. The molecule has 0 heterocycles. The van der Waals surface area contributed by atoms with Gasteiger partial charge in [0.25, 0.3) is 0 Å². The van der Waals surface area contributed by atoms with E-state index < -0.39 is 0 Å². The molecular weight excluding hydrogens is 300 g/mol. The summed E-state index contributed by atoms with van der Waals surface area (Å²) >= 11 is 3.31. The molecule has 2 N–H and O–H groups in total. The lowest BCUT2D eigenvalue weighted by molar-refractivity contribution is -0.141. The SMILES string of the molecule is COC(=O)C[C@H](C)NC(=O)Nc1ccc(Br)cc1. The standard InChI is InChI=1S/C12H15BrN2O3/c1-8(7-11(16)18-2)14-12(17)15-10-5-3-9(13)4-6-10/h3-6,8H,7H2,1-2H3,(H2,14,15,17)/t8-/m0/s1.